The molecule has 1 heterocycles. The van der Waals surface area contributed by atoms with Crippen molar-refractivity contribution in [2.24, 2.45) is 10.9 Å². The first kappa shape index (κ1) is 19.8. The molecule has 1 aromatic carbocycles. The zero-order chi connectivity index (χ0) is 19.3. The Balaban J connectivity index is 2.24. The number of aryl methyl sites for hydroxylation is 1. The van der Waals surface area contributed by atoms with Crippen molar-refractivity contribution in [2.75, 3.05) is 32.1 Å². The van der Waals surface area contributed by atoms with Crippen molar-refractivity contribution >= 4 is 29.2 Å². The third-order valence-electron chi connectivity index (χ3n) is 4.23. The number of aliphatic imine (C=N–C) groups is 1. The maximum atomic E-state index is 12.9. The molecule has 1 unspecified atom stereocenters. The van der Waals surface area contributed by atoms with Crippen LogP contribution in [-0.4, -0.2) is 55.6 Å². The van der Waals surface area contributed by atoms with Crippen molar-refractivity contribution < 1.29 is 14.4 Å². The van der Waals surface area contributed by atoms with E-state index in [9.17, 15) is 14.4 Å². The average molecular weight is 358 g/mol. The lowest BCUT2D eigenvalue weighted by atomic mass is 9.96. The lowest BCUT2D eigenvalue weighted by Gasteiger charge is -2.30. The van der Waals surface area contributed by atoms with Gasteiger partial charge >= 0.3 is 6.03 Å². The lowest BCUT2D eigenvalue weighted by Crippen LogP contribution is -2.60. The third kappa shape index (κ3) is 4.54. The Morgan fingerprint density at radius 2 is 1.85 bits per heavy atom. The zero-order valence-corrected chi connectivity index (χ0v) is 15.8. The Labute approximate surface area is 154 Å². The third-order valence-corrected chi connectivity index (χ3v) is 4.23. The Hall–Kier alpha value is -2.54. The minimum atomic E-state index is -1.06. The van der Waals surface area contributed by atoms with Crippen LogP contribution in [-0.2, 0) is 9.59 Å². The summed E-state index contributed by atoms with van der Waals surface area (Å²) in [7, 11) is 3.96. The quantitative estimate of drug-likeness (QED) is 0.459. The first-order valence-electron chi connectivity index (χ1n) is 8.78. The minimum absolute atomic E-state index is 0.443. The van der Waals surface area contributed by atoms with Gasteiger partial charge in [0.25, 0.3) is 5.91 Å². The van der Waals surface area contributed by atoms with E-state index in [-0.39, 0.29) is 0 Å². The molecule has 0 bridgehead atoms. The van der Waals surface area contributed by atoms with Crippen molar-refractivity contribution in [1.82, 2.24) is 10.2 Å². The van der Waals surface area contributed by atoms with E-state index in [1.807, 2.05) is 40.1 Å². The van der Waals surface area contributed by atoms with Gasteiger partial charge in [-0.05, 0) is 52.5 Å². The predicted molar refractivity (Wildman–Crippen MR) is 101 cm³/mol. The summed E-state index contributed by atoms with van der Waals surface area (Å²) in [6.45, 7) is 5.19. The topological polar surface area (TPSA) is 82.1 Å². The summed E-state index contributed by atoms with van der Waals surface area (Å²) in [6.07, 6.45) is 1.31. The molecule has 1 aliphatic heterocycles. The van der Waals surface area contributed by atoms with Gasteiger partial charge in [-0.1, -0.05) is 24.6 Å². The molecule has 0 saturated carbocycles. The van der Waals surface area contributed by atoms with E-state index in [0.29, 0.717) is 24.4 Å². The zero-order valence-electron chi connectivity index (χ0n) is 15.8. The molecule has 0 aliphatic carbocycles. The molecule has 2 rings (SSSR count). The fourth-order valence-electron chi connectivity index (χ4n) is 2.82. The summed E-state index contributed by atoms with van der Waals surface area (Å²) in [5, 5.41) is 2.28. The molecular formula is C19H26N4O3. The van der Waals surface area contributed by atoms with Gasteiger partial charge < -0.3 is 4.90 Å². The van der Waals surface area contributed by atoms with E-state index in [2.05, 4.69) is 15.2 Å². The molecule has 0 aromatic heterocycles. The fraction of sp³-hybridized carbons (Fsp3) is 0.474. The number of rotatable bonds is 7. The predicted octanol–water partition coefficient (Wildman–Crippen LogP) is 2.00. The molecule has 7 nitrogen and oxygen atoms in total. The molecule has 0 spiro atoms. The maximum absolute atomic E-state index is 12.9. The highest BCUT2D eigenvalue weighted by molar-refractivity contribution is 6.35. The molecule has 0 radical (unpaired) electrons. The molecule has 1 aromatic rings. The highest BCUT2D eigenvalue weighted by Gasteiger charge is 2.43. The monoisotopic (exact) mass is 358 g/mol. The Bertz CT molecular complexity index is 710. The summed E-state index contributed by atoms with van der Waals surface area (Å²) in [6, 6.07) is 6.30. The first-order chi connectivity index (χ1) is 12.3. The number of carbonyl (C=O) groups excluding carboxylic acids is 3. The second-order valence-corrected chi connectivity index (χ2v) is 6.62. The summed E-state index contributed by atoms with van der Waals surface area (Å²) in [4.78, 5) is 45.0. The van der Waals surface area contributed by atoms with Gasteiger partial charge in [0.15, 0.2) is 5.92 Å². The molecule has 1 atom stereocenters. The maximum Gasteiger partial charge on any atom is 0.335 e. The number of anilines is 1. The summed E-state index contributed by atoms with van der Waals surface area (Å²) >= 11 is 0. The Morgan fingerprint density at radius 3 is 2.42 bits per heavy atom. The number of barbiturate groups is 1. The van der Waals surface area contributed by atoms with Crippen LogP contribution in [0.1, 0.15) is 25.3 Å². The average Bonchev–Trinajstić information content (AvgIpc) is 2.58. The van der Waals surface area contributed by atoms with Crippen molar-refractivity contribution in [3.8, 4) is 0 Å². The number of nitrogens with zero attached hydrogens (tertiary/aromatic N) is 3. The number of imide groups is 2. The number of carbonyl (C=O) groups is 3. The minimum Gasteiger partial charge on any atom is -0.309 e. The summed E-state index contributed by atoms with van der Waals surface area (Å²) < 4.78 is 0. The lowest BCUT2D eigenvalue weighted by molar-refractivity contribution is -0.131. The van der Waals surface area contributed by atoms with E-state index >= 15 is 0 Å². The van der Waals surface area contributed by atoms with Crippen LogP contribution in [0, 0.1) is 12.8 Å². The standard InChI is InChI=1S/C19H26N4O3/c1-5-15(20-11-6-12-22(3)4)16-17(24)21-19(26)23(18(16)25)14-9-7-13(2)8-10-14/h7-10,16H,5-6,11-12H2,1-4H3,(H,21,24,26). The number of nitrogens with one attached hydrogen (secondary N) is 1. The second-order valence-electron chi connectivity index (χ2n) is 6.62. The van der Waals surface area contributed by atoms with Crippen LogP contribution >= 0.6 is 0 Å². The smallest absolute Gasteiger partial charge is 0.309 e. The second kappa shape index (κ2) is 8.71. The number of hydrogen-bond acceptors (Lipinski definition) is 5. The van der Waals surface area contributed by atoms with Gasteiger partial charge in [0.2, 0.25) is 5.91 Å². The van der Waals surface area contributed by atoms with E-state index in [0.717, 1.165) is 23.4 Å². The van der Waals surface area contributed by atoms with E-state index in [1.54, 1.807) is 12.1 Å². The van der Waals surface area contributed by atoms with Crippen molar-refractivity contribution in [2.45, 2.75) is 26.7 Å². The summed E-state index contributed by atoms with van der Waals surface area (Å²) in [5.74, 6) is -2.20. The van der Waals surface area contributed by atoms with Crippen LogP contribution in [0.4, 0.5) is 10.5 Å². The molecule has 1 saturated heterocycles. The van der Waals surface area contributed by atoms with Gasteiger partial charge in [0, 0.05) is 12.3 Å². The molecule has 4 amide bonds. The molecule has 1 fully saturated rings. The molecule has 1 aliphatic rings. The number of hydrogen-bond donors (Lipinski definition) is 1. The first-order valence-corrected chi connectivity index (χ1v) is 8.78. The number of benzene rings is 1. The number of urea groups is 1. The highest BCUT2D eigenvalue weighted by Crippen LogP contribution is 2.22. The van der Waals surface area contributed by atoms with Gasteiger partial charge in [-0.2, -0.15) is 0 Å². The van der Waals surface area contributed by atoms with Crippen LogP contribution in [0.3, 0.4) is 0 Å². The molecule has 1 N–H and O–H groups in total. The van der Waals surface area contributed by atoms with E-state index in [4.69, 9.17) is 0 Å². The van der Waals surface area contributed by atoms with Gasteiger partial charge in [-0.3, -0.25) is 19.9 Å². The molecule has 140 valence electrons. The van der Waals surface area contributed by atoms with Crippen LogP contribution in [0.25, 0.3) is 0 Å². The van der Waals surface area contributed by atoms with E-state index < -0.39 is 23.8 Å². The Morgan fingerprint density at radius 1 is 1.19 bits per heavy atom. The SMILES string of the molecule is CCC(=NCCCN(C)C)C1C(=O)NC(=O)N(c2ccc(C)cc2)C1=O. The van der Waals surface area contributed by atoms with Crippen molar-refractivity contribution in [3.63, 3.8) is 0 Å². The van der Waals surface area contributed by atoms with Crippen LogP contribution in [0.5, 0.6) is 0 Å². The molecular weight excluding hydrogens is 332 g/mol. The molecule has 7 heteroatoms. The van der Waals surface area contributed by atoms with Crippen LogP contribution < -0.4 is 10.2 Å². The summed E-state index contributed by atoms with van der Waals surface area (Å²) in [5.41, 5.74) is 1.97. The van der Waals surface area contributed by atoms with Crippen LogP contribution in [0.15, 0.2) is 29.3 Å². The largest absolute Gasteiger partial charge is 0.335 e. The fourth-order valence-corrected chi connectivity index (χ4v) is 2.82. The van der Waals surface area contributed by atoms with Crippen molar-refractivity contribution in [1.29, 1.82) is 0 Å². The molecule has 26 heavy (non-hydrogen) atoms. The normalized spacial score (nSPS) is 18.5. The van der Waals surface area contributed by atoms with Gasteiger partial charge in [-0.15, -0.1) is 0 Å². The Kier molecular flexibility index (Phi) is 6.63. The number of amides is 4. The van der Waals surface area contributed by atoms with Crippen LogP contribution in [0.2, 0.25) is 0 Å². The van der Waals surface area contributed by atoms with Gasteiger partial charge in [0.1, 0.15) is 0 Å². The van der Waals surface area contributed by atoms with E-state index in [1.165, 1.54) is 0 Å². The van der Waals surface area contributed by atoms with Gasteiger partial charge in [0.05, 0.1) is 5.69 Å². The highest BCUT2D eigenvalue weighted by atomic mass is 16.2. The van der Waals surface area contributed by atoms with Gasteiger partial charge in [-0.25, -0.2) is 9.69 Å². The van der Waals surface area contributed by atoms with Crippen molar-refractivity contribution in [3.05, 3.63) is 29.8 Å².